The van der Waals surface area contributed by atoms with Crippen molar-refractivity contribution in [1.82, 2.24) is 9.62 Å². The third-order valence-electron chi connectivity index (χ3n) is 10.8. The van der Waals surface area contributed by atoms with Gasteiger partial charge in [-0.3, -0.25) is 14.4 Å². The second kappa shape index (κ2) is 15.2. The molecule has 9 heteroatoms. The number of hydrogen-bond donors (Lipinski definition) is 1. The van der Waals surface area contributed by atoms with Gasteiger partial charge in [-0.15, -0.1) is 0 Å². The zero-order chi connectivity index (χ0) is 32.2. The lowest BCUT2D eigenvalue weighted by molar-refractivity contribution is 0.0191. The first-order valence-electron chi connectivity index (χ1n) is 17.3. The Morgan fingerprint density at radius 3 is 2.65 bits per heavy atom. The van der Waals surface area contributed by atoms with Crippen molar-refractivity contribution in [2.45, 2.75) is 64.0 Å². The van der Waals surface area contributed by atoms with E-state index in [0.717, 1.165) is 81.7 Å². The van der Waals surface area contributed by atoms with E-state index in [0.29, 0.717) is 29.9 Å². The quantitative estimate of drug-likeness (QED) is 0.361. The lowest BCUT2D eigenvalue weighted by Crippen LogP contribution is -2.46. The van der Waals surface area contributed by atoms with Crippen molar-refractivity contribution in [3.63, 3.8) is 0 Å². The van der Waals surface area contributed by atoms with Gasteiger partial charge in [0.25, 0.3) is 5.91 Å². The fourth-order valence-corrected chi connectivity index (χ4v) is 8.87. The van der Waals surface area contributed by atoms with E-state index in [4.69, 9.17) is 21.1 Å². The second-order valence-electron chi connectivity index (χ2n) is 13.8. The SMILES string of the molecule is CCCc1cc(Cl)ccc1C1COc2ccc3cc2N(C1)CC1CCC1C(CN1CCOCC1)/C=C/CC(C)C(C)S(=O)NC3=O. The van der Waals surface area contributed by atoms with Gasteiger partial charge in [0.2, 0.25) is 0 Å². The highest BCUT2D eigenvalue weighted by Gasteiger charge is 2.39. The molecule has 1 saturated heterocycles. The Bertz CT molecular complexity index is 1430. The number of nitrogens with zero attached hydrogens (tertiary/aromatic N) is 2. The first-order valence-corrected chi connectivity index (χ1v) is 18.9. The van der Waals surface area contributed by atoms with Crippen LogP contribution in [-0.4, -0.2) is 72.8 Å². The van der Waals surface area contributed by atoms with Crippen molar-refractivity contribution in [2.75, 3.05) is 57.4 Å². The molecule has 7 atom stereocenters. The standard InChI is InChI=1S/C37H50ClN3O4S/c1-4-6-27-19-32(38)11-13-33(27)31-23-41-22-30-9-12-34(30)29(21-40-15-17-44-18-16-40)8-5-7-25(2)26(3)46(43)39-37(42)28-10-14-36(45-24-31)35(41)20-28/h5,8,10-11,13-14,19-20,25-26,29-31,34H,4,6-7,9,12,15-18,21-24H2,1-3H3,(H,39,42)/b8-5+. The van der Waals surface area contributed by atoms with Crippen molar-refractivity contribution in [3.8, 4) is 5.75 Å². The summed E-state index contributed by atoms with van der Waals surface area (Å²) in [6.45, 7) is 13.2. The Morgan fingerprint density at radius 2 is 1.89 bits per heavy atom. The molecule has 2 aromatic carbocycles. The highest BCUT2D eigenvalue weighted by atomic mass is 35.5. The zero-order valence-electron chi connectivity index (χ0n) is 27.6. The number of benzene rings is 2. The van der Waals surface area contributed by atoms with Crippen LogP contribution in [-0.2, 0) is 22.1 Å². The predicted molar refractivity (Wildman–Crippen MR) is 187 cm³/mol. The van der Waals surface area contributed by atoms with Gasteiger partial charge in [0, 0.05) is 49.2 Å². The van der Waals surface area contributed by atoms with Crippen molar-refractivity contribution >= 4 is 34.2 Å². The zero-order valence-corrected chi connectivity index (χ0v) is 29.2. The van der Waals surface area contributed by atoms with Gasteiger partial charge < -0.3 is 14.4 Å². The molecule has 46 heavy (non-hydrogen) atoms. The summed E-state index contributed by atoms with van der Waals surface area (Å²) < 4.78 is 28.3. The number of ether oxygens (including phenoxy) is 2. The number of carbonyl (C=O) groups excluding carboxylic acids is 1. The number of morpholine rings is 1. The number of fused-ring (bicyclic) bond motifs is 2. The van der Waals surface area contributed by atoms with E-state index in [2.05, 4.69) is 52.7 Å². The van der Waals surface area contributed by atoms with Crippen molar-refractivity contribution < 1.29 is 18.5 Å². The summed E-state index contributed by atoms with van der Waals surface area (Å²) in [4.78, 5) is 18.5. The predicted octanol–water partition coefficient (Wildman–Crippen LogP) is 6.63. The molecule has 250 valence electrons. The number of halogens is 1. The van der Waals surface area contributed by atoms with E-state index in [-0.39, 0.29) is 23.0 Å². The molecule has 4 aliphatic rings. The van der Waals surface area contributed by atoms with Gasteiger partial charge in [0.1, 0.15) is 16.7 Å². The molecule has 1 saturated carbocycles. The molecule has 7 unspecified atom stereocenters. The molecule has 1 N–H and O–H groups in total. The fourth-order valence-electron chi connectivity index (χ4n) is 7.66. The summed E-state index contributed by atoms with van der Waals surface area (Å²) in [7, 11) is -1.50. The van der Waals surface area contributed by atoms with Gasteiger partial charge in [-0.1, -0.05) is 50.1 Å². The maximum absolute atomic E-state index is 13.4. The molecule has 0 aromatic heterocycles. The number of allylic oxidation sites excluding steroid dienone is 1. The molecule has 0 radical (unpaired) electrons. The number of anilines is 1. The van der Waals surface area contributed by atoms with Gasteiger partial charge in [0.05, 0.1) is 30.8 Å². The van der Waals surface area contributed by atoms with Gasteiger partial charge in [0.15, 0.2) is 0 Å². The van der Waals surface area contributed by atoms with E-state index < -0.39 is 11.0 Å². The summed E-state index contributed by atoms with van der Waals surface area (Å²) in [6.07, 6.45) is 10.0. The largest absolute Gasteiger partial charge is 0.491 e. The minimum Gasteiger partial charge on any atom is -0.491 e. The van der Waals surface area contributed by atoms with E-state index >= 15 is 0 Å². The average molecular weight is 668 g/mol. The molecule has 2 fully saturated rings. The van der Waals surface area contributed by atoms with Crippen molar-refractivity contribution in [2.24, 2.45) is 23.7 Å². The summed E-state index contributed by atoms with van der Waals surface area (Å²) in [5.74, 6) is 2.40. The molecule has 2 bridgehead atoms. The minimum atomic E-state index is -1.50. The summed E-state index contributed by atoms with van der Waals surface area (Å²) in [5, 5.41) is 0.595. The maximum Gasteiger partial charge on any atom is 0.263 e. The van der Waals surface area contributed by atoms with Gasteiger partial charge in [-0.2, -0.15) is 0 Å². The van der Waals surface area contributed by atoms with Crippen LogP contribution in [0.25, 0.3) is 0 Å². The number of amides is 1. The van der Waals surface area contributed by atoms with E-state index in [1.54, 1.807) is 6.07 Å². The van der Waals surface area contributed by atoms with Gasteiger partial charge >= 0.3 is 0 Å². The van der Waals surface area contributed by atoms with Gasteiger partial charge in [-0.25, -0.2) is 4.21 Å². The lowest BCUT2D eigenvalue weighted by Gasteiger charge is -2.45. The van der Waals surface area contributed by atoms with Crippen LogP contribution < -0.4 is 14.4 Å². The minimum absolute atomic E-state index is 0.159. The number of hydrogen-bond acceptors (Lipinski definition) is 6. The molecule has 3 heterocycles. The lowest BCUT2D eigenvalue weighted by atomic mass is 9.66. The second-order valence-corrected chi connectivity index (χ2v) is 15.8. The van der Waals surface area contributed by atoms with Crippen LogP contribution in [0.4, 0.5) is 5.69 Å². The summed E-state index contributed by atoms with van der Waals surface area (Å²) in [5.41, 5.74) is 4.04. The third-order valence-corrected chi connectivity index (χ3v) is 12.5. The maximum atomic E-state index is 13.4. The molecule has 7 nitrogen and oxygen atoms in total. The summed E-state index contributed by atoms with van der Waals surface area (Å²) >= 11 is 6.46. The molecular formula is C37H50ClN3O4S. The normalized spacial score (nSPS) is 31.5. The Labute approximate surface area is 282 Å². The van der Waals surface area contributed by atoms with Crippen LogP contribution in [0.2, 0.25) is 5.02 Å². The number of carbonyl (C=O) groups is 1. The first-order chi connectivity index (χ1) is 22.3. The monoisotopic (exact) mass is 667 g/mol. The molecule has 1 amide bonds. The Hall–Kier alpha value is -2.39. The first kappa shape index (κ1) is 33.5. The molecule has 1 aliphatic carbocycles. The Kier molecular flexibility index (Phi) is 11.1. The van der Waals surface area contributed by atoms with Crippen LogP contribution >= 0.6 is 11.6 Å². The number of nitrogens with one attached hydrogen (secondary N) is 1. The summed E-state index contributed by atoms with van der Waals surface area (Å²) in [6, 6.07) is 12.0. The van der Waals surface area contributed by atoms with Crippen molar-refractivity contribution in [1.29, 1.82) is 0 Å². The Morgan fingerprint density at radius 1 is 1.07 bits per heavy atom. The third kappa shape index (κ3) is 7.67. The molecule has 6 rings (SSSR count). The van der Waals surface area contributed by atoms with Crippen LogP contribution in [0, 0.1) is 23.7 Å². The van der Waals surface area contributed by atoms with Crippen LogP contribution in [0.3, 0.4) is 0 Å². The smallest absolute Gasteiger partial charge is 0.263 e. The van der Waals surface area contributed by atoms with Crippen LogP contribution in [0.1, 0.15) is 73.9 Å². The van der Waals surface area contributed by atoms with E-state index in [9.17, 15) is 9.00 Å². The van der Waals surface area contributed by atoms with E-state index in [1.807, 2.05) is 25.1 Å². The topological polar surface area (TPSA) is 71.1 Å². The van der Waals surface area contributed by atoms with E-state index in [1.165, 1.54) is 24.0 Å². The number of aryl methyl sites for hydroxylation is 1. The van der Waals surface area contributed by atoms with Crippen LogP contribution in [0.15, 0.2) is 48.6 Å². The molecule has 3 aliphatic heterocycles. The van der Waals surface area contributed by atoms with Crippen molar-refractivity contribution in [3.05, 3.63) is 70.3 Å². The van der Waals surface area contributed by atoms with Gasteiger partial charge in [-0.05, 0) is 97.7 Å². The highest BCUT2D eigenvalue weighted by molar-refractivity contribution is 7.84. The Balaban J connectivity index is 1.36. The molecular weight excluding hydrogens is 618 g/mol. The molecule has 2 aromatic rings. The highest BCUT2D eigenvalue weighted by Crippen LogP contribution is 2.44. The number of rotatable bonds is 5. The average Bonchev–Trinajstić information content (AvgIpc) is 3.22. The molecule has 0 spiro atoms. The van der Waals surface area contributed by atoms with Crippen LogP contribution in [0.5, 0.6) is 5.75 Å². The fraction of sp³-hybridized carbons (Fsp3) is 0.595.